The molecular weight excluding hydrogens is 669 g/mol. The largest absolute Gasteiger partial charge is 0.135 e. The zero-order valence-electron chi connectivity index (χ0n) is 30.2. The van der Waals surface area contributed by atoms with Gasteiger partial charge < -0.3 is 0 Å². The van der Waals surface area contributed by atoms with Gasteiger partial charge in [0.1, 0.15) is 0 Å². The average Bonchev–Trinajstić information content (AvgIpc) is 3.76. The Kier molecular flexibility index (Phi) is 7.97. The van der Waals surface area contributed by atoms with Crippen molar-refractivity contribution in [2.45, 2.75) is 19.3 Å². The first-order chi connectivity index (χ1) is 26.6. The first kappa shape index (κ1) is 32.4. The van der Waals surface area contributed by atoms with Gasteiger partial charge in [-0.1, -0.05) is 158 Å². The van der Waals surface area contributed by atoms with Gasteiger partial charge in [-0.3, -0.25) is 0 Å². The van der Waals surface area contributed by atoms with Crippen LogP contribution >= 0.6 is 11.3 Å². The monoisotopic (exact) mass is 706 g/mol. The predicted octanol–water partition coefficient (Wildman–Crippen LogP) is 14.8. The van der Waals surface area contributed by atoms with E-state index < -0.39 is 0 Å². The number of benzene rings is 8. The molecule has 0 fully saturated rings. The lowest BCUT2D eigenvalue weighted by molar-refractivity contribution is 1.02. The minimum absolute atomic E-state index is 0.196. The summed E-state index contributed by atoms with van der Waals surface area (Å²) in [6.07, 6.45) is 0.781. The van der Waals surface area contributed by atoms with Crippen molar-refractivity contribution < 1.29 is 0 Å². The van der Waals surface area contributed by atoms with Crippen LogP contribution in [0, 0.1) is 6.92 Å². The van der Waals surface area contributed by atoms with Crippen molar-refractivity contribution in [3.05, 3.63) is 222 Å². The molecule has 8 aromatic carbocycles. The summed E-state index contributed by atoms with van der Waals surface area (Å²) in [6.45, 7) is 6.89. The Bertz CT molecular complexity index is 2890. The first-order valence-corrected chi connectivity index (χ1v) is 19.6. The lowest BCUT2D eigenvalue weighted by Crippen LogP contribution is -1.99. The van der Waals surface area contributed by atoms with E-state index in [9.17, 15) is 0 Å². The van der Waals surface area contributed by atoms with Crippen LogP contribution in [0.1, 0.15) is 39.3 Å². The second-order valence-corrected chi connectivity index (χ2v) is 15.7. The summed E-state index contributed by atoms with van der Waals surface area (Å²) in [4.78, 5) is 0. The molecule has 0 nitrogen and oxygen atoms in total. The third-order valence-corrected chi connectivity index (χ3v) is 12.4. The van der Waals surface area contributed by atoms with Crippen molar-refractivity contribution in [3.8, 4) is 44.5 Å². The molecule has 1 unspecified atom stereocenters. The van der Waals surface area contributed by atoms with E-state index in [0.717, 1.165) is 12.0 Å². The lowest BCUT2D eigenvalue weighted by Gasteiger charge is -2.18. The van der Waals surface area contributed by atoms with Crippen molar-refractivity contribution in [3.63, 3.8) is 0 Å². The highest BCUT2D eigenvalue weighted by atomic mass is 32.1. The molecule has 1 heterocycles. The maximum atomic E-state index is 4.68. The van der Waals surface area contributed by atoms with Gasteiger partial charge in [0.25, 0.3) is 0 Å². The second kappa shape index (κ2) is 13.3. The maximum Gasteiger partial charge on any atom is 0.0355 e. The standard InChI is InChI=1S/C53H38S/c1-34-13-6-7-18-42(34)48-31-39(23-26-43(48)35(2)29-36-14-12-17-38(30-36)37-15-4-3-5-16-37)40-24-27-47-49(32-40)44-19-8-9-21-46(44)53(47)41-25-28-52-50(33-41)45-20-10-11-22-51(45)54-52/h3-28,30-33,53H,2,29H2,1H3. The topological polar surface area (TPSA) is 0 Å². The fourth-order valence-corrected chi connectivity index (χ4v) is 9.71. The van der Waals surface area contributed by atoms with Crippen molar-refractivity contribution in [2.24, 2.45) is 0 Å². The van der Waals surface area contributed by atoms with Gasteiger partial charge in [-0.25, -0.2) is 0 Å². The van der Waals surface area contributed by atoms with Crippen LogP contribution in [-0.4, -0.2) is 0 Å². The van der Waals surface area contributed by atoms with Gasteiger partial charge in [-0.05, 0) is 127 Å². The van der Waals surface area contributed by atoms with E-state index >= 15 is 0 Å². The minimum Gasteiger partial charge on any atom is -0.135 e. The summed E-state index contributed by atoms with van der Waals surface area (Å²) in [7, 11) is 0. The molecule has 0 aliphatic heterocycles. The smallest absolute Gasteiger partial charge is 0.0355 e. The van der Waals surface area contributed by atoms with Crippen molar-refractivity contribution in [1.82, 2.24) is 0 Å². The molecule has 0 N–H and O–H groups in total. The van der Waals surface area contributed by atoms with E-state index in [2.05, 4.69) is 195 Å². The molecular formula is C53H38S. The van der Waals surface area contributed by atoms with Crippen LogP contribution in [0.5, 0.6) is 0 Å². The molecule has 0 bridgehead atoms. The zero-order valence-corrected chi connectivity index (χ0v) is 31.0. The normalized spacial score (nSPS) is 13.2. The Hall–Kier alpha value is -6.28. The number of fused-ring (bicyclic) bond motifs is 6. The Morgan fingerprint density at radius 1 is 0.481 bits per heavy atom. The average molecular weight is 707 g/mol. The predicted molar refractivity (Wildman–Crippen MR) is 232 cm³/mol. The van der Waals surface area contributed by atoms with E-state index in [1.54, 1.807) is 0 Å². The zero-order chi connectivity index (χ0) is 36.2. The Morgan fingerprint density at radius 3 is 2.02 bits per heavy atom. The first-order valence-electron chi connectivity index (χ1n) is 18.8. The minimum atomic E-state index is 0.196. The van der Waals surface area contributed by atoms with Crippen LogP contribution in [0.4, 0.5) is 0 Å². The highest BCUT2D eigenvalue weighted by Gasteiger charge is 2.30. The summed E-state index contributed by atoms with van der Waals surface area (Å²) < 4.78 is 2.69. The Labute approximate surface area is 321 Å². The van der Waals surface area contributed by atoms with Gasteiger partial charge in [0.2, 0.25) is 0 Å². The molecule has 0 saturated heterocycles. The van der Waals surface area contributed by atoms with Crippen LogP contribution in [0.15, 0.2) is 189 Å². The molecule has 10 rings (SSSR count). The van der Waals surface area contributed by atoms with Crippen LogP contribution in [0.3, 0.4) is 0 Å². The molecule has 0 spiro atoms. The molecule has 256 valence electrons. The number of hydrogen-bond acceptors (Lipinski definition) is 1. The third kappa shape index (κ3) is 5.61. The summed E-state index contributed by atoms with van der Waals surface area (Å²) in [5.41, 5.74) is 19.0. The highest BCUT2D eigenvalue weighted by molar-refractivity contribution is 7.25. The summed E-state index contributed by atoms with van der Waals surface area (Å²) in [5.74, 6) is 0.196. The van der Waals surface area contributed by atoms with Gasteiger partial charge in [-0.15, -0.1) is 11.3 Å². The van der Waals surface area contributed by atoms with E-state index in [-0.39, 0.29) is 5.92 Å². The third-order valence-electron chi connectivity index (χ3n) is 11.3. The number of hydrogen-bond donors (Lipinski definition) is 0. The molecule has 1 aromatic heterocycles. The van der Waals surface area contributed by atoms with Crippen LogP contribution in [0.25, 0.3) is 70.3 Å². The van der Waals surface area contributed by atoms with E-state index in [0.29, 0.717) is 0 Å². The van der Waals surface area contributed by atoms with E-state index in [1.807, 2.05) is 11.3 Å². The van der Waals surface area contributed by atoms with Gasteiger partial charge in [0, 0.05) is 26.1 Å². The SMILES string of the molecule is C=C(Cc1cccc(-c2ccccc2)c1)c1ccc(-c2ccc3c(c2)-c2ccccc2C3c2ccc3sc4ccccc4c3c2)cc1-c1ccccc1C. The summed E-state index contributed by atoms with van der Waals surface area (Å²) in [6, 6.07) is 67.2. The lowest BCUT2D eigenvalue weighted by atomic mass is 9.86. The molecule has 9 aromatic rings. The molecule has 0 amide bonds. The summed E-state index contributed by atoms with van der Waals surface area (Å²) in [5, 5.41) is 2.70. The van der Waals surface area contributed by atoms with Gasteiger partial charge in [-0.2, -0.15) is 0 Å². The van der Waals surface area contributed by atoms with Crippen LogP contribution in [-0.2, 0) is 6.42 Å². The van der Waals surface area contributed by atoms with Crippen molar-refractivity contribution >= 4 is 37.1 Å². The van der Waals surface area contributed by atoms with Crippen molar-refractivity contribution in [1.29, 1.82) is 0 Å². The second-order valence-electron chi connectivity index (χ2n) is 14.6. The fourth-order valence-electron chi connectivity index (χ4n) is 8.63. The fraction of sp³-hybridized carbons (Fsp3) is 0.0566. The maximum absolute atomic E-state index is 4.68. The molecule has 0 radical (unpaired) electrons. The van der Waals surface area contributed by atoms with Gasteiger partial charge in [0.05, 0.1) is 0 Å². The van der Waals surface area contributed by atoms with Crippen molar-refractivity contribution in [2.75, 3.05) is 0 Å². The number of thiophene rings is 1. The summed E-state index contributed by atoms with van der Waals surface area (Å²) >= 11 is 1.88. The Balaban J connectivity index is 1.04. The highest BCUT2D eigenvalue weighted by Crippen LogP contribution is 2.50. The molecule has 1 atom stereocenters. The molecule has 1 aliphatic carbocycles. The van der Waals surface area contributed by atoms with Gasteiger partial charge >= 0.3 is 0 Å². The van der Waals surface area contributed by atoms with Crippen LogP contribution in [0.2, 0.25) is 0 Å². The van der Waals surface area contributed by atoms with E-state index in [1.165, 1.54) is 98.1 Å². The number of allylic oxidation sites excluding steroid dienone is 1. The number of aryl methyl sites for hydroxylation is 1. The Morgan fingerprint density at radius 2 is 1.15 bits per heavy atom. The molecule has 1 heteroatoms. The molecule has 0 saturated carbocycles. The quantitative estimate of drug-likeness (QED) is 0.155. The van der Waals surface area contributed by atoms with E-state index in [4.69, 9.17) is 0 Å². The molecule has 1 aliphatic rings. The number of rotatable bonds is 7. The molecule has 54 heavy (non-hydrogen) atoms. The van der Waals surface area contributed by atoms with Crippen LogP contribution < -0.4 is 0 Å². The van der Waals surface area contributed by atoms with Gasteiger partial charge in [0.15, 0.2) is 0 Å².